The number of nitrogen functional groups attached to an aromatic ring is 1. The summed E-state index contributed by atoms with van der Waals surface area (Å²) in [6.07, 6.45) is 1.58. The summed E-state index contributed by atoms with van der Waals surface area (Å²) >= 11 is 7.58. The molecule has 1 unspecified atom stereocenters. The monoisotopic (exact) mass is 241 g/mol. The topological polar surface area (TPSA) is 43.8 Å². The summed E-state index contributed by atoms with van der Waals surface area (Å²) in [5.41, 5.74) is 7.10. The van der Waals surface area contributed by atoms with Gasteiger partial charge in [0, 0.05) is 4.88 Å². The van der Waals surface area contributed by atoms with E-state index in [0.29, 0.717) is 10.8 Å². The number of hydrogen-bond acceptors (Lipinski definition) is 3. The molecule has 3 nitrogen and oxygen atoms in total. The Morgan fingerprint density at radius 3 is 2.80 bits per heavy atom. The lowest BCUT2D eigenvalue weighted by Crippen LogP contribution is -2.11. The number of aryl methyl sites for hydroxylation is 1. The molecule has 0 aromatic carbocycles. The van der Waals surface area contributed by atoms with Crippen molar-refractivity contribution in [3.8, 4) is 0 Å². The van der Waals surface area contributed by atoms with Gasteiger partial charge in [0.1, 0.15) is 10.8 Å². The minimum Gasteiger partial charge on any atom is -0.383 e. The number of aromatic nitrogens is 2. The van der Waals surface area contributed by atoms with E-state index in [2.05, 4.69) is 30.4 Å². The van der Waals surface area contributed by atoms with E-state index in [-0.39, 0.29) is 6.04 Å². The van der Waals surface area contributed by atoms with Crippen molar-refractivity contribution in [3.05, 3.63) is 33.1 Å². The van der Waals surface area contributed by atoms with Gasteiger partial charge in [-0.1, -0.05) is 11.6 Å². The van der Waals surface area contributed by atoms with Gasteiger partial charge in [-0.2, -0.15) is 5.10 Å². The van der Waals surface area contributed by atoms with Crippen molar-refractivity contribution in [2.75, 3.05) is 5.73 Å². The molecule has 1 atom stereocenters. The Bertz CT molecular complexity index is 475. The third-order valence-electron chi connectivity index (χ3n) is 2.44. The van der Waals surface area contributed by atoms with E-state index in [9.17, 15) is 0 Å². The highest BCUT2D eigenvalue weighted by molar-refractivity contribution is 7.10. The van der Waals surface area contributed by atoms with Crippen LogP contribution in [-0.2, 0) is 0 Å². The fourth-order valence-electron chi connectivity index (χ4n) is 1.58. The molecule has 0 aliphatic carbocycles. The molecule has 2 rings (SSSR count). The Kier molecular flexibility index (Phi) is 2.71. The lowest BCUT2D eigenvalue weighted by atomic mass is 10.2. The molecule has 0 fully saturated rings. The van der Waals surface area contributed by atoms with Crippen LogP contribution in [0.4, 0.5) is 5.82 Å². The van der Waals surface area contributed by atoms with Crippen molar-refractivity contribution >= 4 is 28.8 Å². The molecule has 2 aromatic rings. The first kappa shape index (κ1) is 10.5. The van der Waals surface area contributed by atoms with Crippen LogP contribution in [0.1, 0.15) is 23.4 Å². The maximum Gasteiger partial charge on any atom is 0.141 e. The van der Waals surface area contributed by atoms with Crippen LogP contribution in [0.5, 0.6) is 0 Å². The predicted molar refractivity (Wildman–Crippen MR) is 64.5 cm³/mol. The van der Waals surface area contributed by atoms with Gasteiger partial charge in [0.15, 0.2) is 0 Å². The zero-order valence-electron chi connectivity index (χ0n) is 8.57. The van der Waals surface area contributed by atoms with Crippen LogP contribution >= 0.6 is 22.9 Å². The molecule has 0 saturated carbocycles. The Labute approximate surface area is 97.5 Å². The van der Waals surface area contributed by atoms with Crippen LogP contribution in [0.25, 0.3) is 0 Å². The Hall–Kier alpha value is -1.00. The van der Waals surface area contributed by atoms with E-state index in [1.165, 1.54) is 10.4 Å². The number of anilines is 1. The fourth-order valence-corrected chi connectivity index (χ4v) is 2.68. The van der Waals surface area contributed by atoms with Crippen LogP contribution in [0.15, 0.2) is 17.6 Å². The maximum atomic E-state index is 5.87. The molecule has 80 valence electrons. The van der Waals surface area contributed by atoms with E-state index in [0.717, 1.165) is 0 Å². The van der Waals surface area contributed by atoms with Crippen LogP contribution < -0.4 is 5.73 Å². The van der Waals surface area contributed by atoms with Gasteiger partial charge in [0.05, 0.1) is 12.2 Å². The smallest absolute Gasteiger partial charge is 0.141 e. The molecule has 0 bridgehead atoms. The number of nitrogens with two attached hydrogens (primary N) is 1. The molecule has 0 amide bonds. The SMILES string of the molecule is Cc1ccsc1C(C)n1ncc(Cl)c1N. The molecule has 0 spiro atoms. The number of thiophene rings is 1. The quantitative estimate of drug-likeness (QED) is 0.878. The van der Waals surface area contributed by atoms with Gasteiger partial charge >= 0.3 is 0 Å². The molecular formula is C10H12ClN3S. The molecule has 2 N–H and O–H groups in total. The first-order valence-corrected chi connectivity index (χ1v) is 5.89. The fraction of sp³-hybridized carbons (Fsp3) is 0.300. The van der Waals surface area contributed by atoms with E-state index < -0.39 is 0 Å². The normalized spacial score (nSPS) is 13.0. The number of nitrogens with zero attached hydrogens (tertiary/aromatic N) is 2. The molecule has 0 radical (unpaired) electrons. The minimum absolute atomic E-state index is 0.137. The van der Waals surface area contributed by atoms with Gasteiger partial charge in [-0.3, -0.25) is 0 Å². The number of hydrogen-bond donors (Lipinski definition) is 1. The summed E-state index contributed by atoms with van der Waals surface area (Å²) in [7, 11) is 0. The van der Waals surface area contributed by atoms with Crippen LogP contribution in [0.3, 0.4) is 0 Å². The molecule has 0 aliphatic rings. The van der Waals surface area contributed by atoms with Crippen molar-refractivity contribution in [3.63, 3.8) is 0 Å². The van der Waals surface area contributed by atoms with Gasteiger partial charge in [-0.25, -0.2) is 4.68 Å². The standard InChI is InChI=1S/C10H12ClN3S/c1-6-3-4-15-9(6)7(2)14-10(12)8(11)5-13-14/h3-5,7H,12H2,1-2H3. The molecule has 2 aromatic heterocycles. The molecule has 0 aliphatic heterocycles. The third kappa shape index (κ3) is 1.75. The second-order valence-corrected chi connectivity index (χ2v) is 4.82. The minimum atomic E-state index is 0.137. The van der Waals surface area contributed by atoms with E-state index >= 15 is 0 Å². The first-order valence-electron chi connectivity index (χ1n) is 4.63. The van der Waals surface area contributed by atoms with Gasteiger partial charge in [0.2, 0.25) is 0 Å². The van der Waals surface area contributed by atoms with Crippen LogP contribution in [0, 0.1) is 6.92 Å². The summed E-state index contributed by atoms with van der Waals surface area (Å²) in [5, 5.41) is 6.76. The van der Waals surface area contributed by atoms with Gasteiger partial charge in [0.25, 0.3) is 0 Å². The lowest BCUT2D eigenvalue weighted by Gasteiger charge is -2.13. The highest BCUT2D eigenvalue weighted by atomic mass is 35.5. The molecule has 0 saturated heterocycles. The predicted octanol–water partition coefficient (Wildman–Crippen LogP) is 3.10. The summed E-state index contributed by atoms with van der Waals surface area (Å²) in [5.74, 6) is 0.525. The van der Waals surface area contributed by atoms with Crippen molar-refractivity contribution < 1.29 is 0 Å². The molecule has 15 heavy (non-hydrogen) atoms. The Morgan fingerprint density at radius 1 is 1.60 bits per heavy atom. The summed E-state index contributed by atoms with van der Waals surface area (Å²) in [4.78, 5) is 1.27. The lowest BCUT2D eigenvalue weighted by molar-refractivity contribution is 0.579. The zero-order valence-corrected chi connectivity index (χ0v) is 10.1. The van der Waals surface area contributed by atoms with Gasteiger partial charge < -0.3 is 5.73 Å². The zero-order chi connectivity index (χ0) is 11.0. The average Bonchev–Trinajstić information content (AvgIpc) is 2.75. The molecular weight excluding hydrogens is 230 g/mol. The van der Waals surface area contributed by atoms with Crippen molar-refractivity contribution in [1.29, 1.82) is 0 Å². The van der Waals surface area contributed by atoms with E-state index in [1.807, 2.05) is 0 Å². The first-order chi connectivity index (χ1) is 7.11. The second kappa shape index (κ2) is 3.87. The van der Waals surface area contributed by atoms with Crippen LogP contribution in [-0.4, -0.2) is 9.78 Å². The number of halogens is 1. The maximum absolute atomic E-state index is 5.87. The average molecular weight is 242 g/mol. The number of rotatable bonds is 2. The van der Waals surface area contributed by atoms with E-state index in [4.69, 9.17) is 17.3 Å². The molecule has 2 heterocycles. The van der Waals surface area contributed by atoms with Gasteiger partial charge in [-0.05, 0) is 30.9 Å². The second-order valence-electron chi connectivity index (χ2n) is 3.47. The van der Waals surface area contributed by atoms with E-state index in [1.54, 1.807) is 22.2 Å². The largest absolute Gasteiger partial charge is 0.383 e. The van der Waals surface area contributed by atoms with Crippen molar-refractivity contribution in [2.45, 2.75) is 19.9 Å². The van der Waals surface area contributed by atoms with Crippen LogP contribution in [0.2, 0.25) is 5.02 Å². The van der Waals surface area contributed by atoms with Crippen molar-refractivity contribution in [1.82, 2.24) is 9.78 Å². The summed E-state index contributed by atoms with van der Waals surface area (Å²) in [6.45, 7) is 4.15. The Morgan fingerprint density at radius 2 is 2.33 bits per heavy atom. The van der Waals surface area contributed by atoms with Crippen molar-refractivity contribution in [2.24, 2.45) is 0 Å². The van der Waals surface area contributed by atoms with Gasteiger partial charge in [-0.15, -0.1) is 11.3 Å². The third-order valence-corrected chi connectivity index (χ3v) is 3.92. The highest BCUT2D eigenvalue weighted by Gasteiger charge is 2.16. The highest BCUT2D eigenvalue weighted by Crippen LogP contribution is 2.30. The Balaban J connectivity index is 2.41. The summed E-state index contributed by atoms with van der Waals surface area (Å²) < 4.78 is 1.75. The molecule has 5 heteroatoms. The summed E-state index contributed by atoms with van der Waals surface area (Å²) in [6, 6.07) is 2.23.